The minimum absolute atomic E-state index is 0.641. The highest BCUT2D eigenvalue weighted by atomic mass is 16.1. The van der Waals surface area contributed by atoms with Crippen molar-refractivity contribution in [1.82, 2.24) is 0 Å². The zero-order chi connectivity index (χ0) is 8.55. The number of carbonyl (C=O) groups excluding carboxylic acids is 1. The number of benzene rings is 1. The van der Waals surface area contributed by atoms with E-state index in [0.717, 1.165) is 5.56 Å². The molecule has 1 fully saturated rings. The normalized spacial score (nSPS) is 16.1. The van der Waals surface area contributed by atoms with Gasteiger partial charge in [0, 0.05) is 5.56 Å². The van der Waals surface area contributed by atoms with Crippen LogP contribution in [0.3, 0.4) is 0 Å². The summed E-state index contributed by atoms with van der Waals surface area (Å²) < 4.78 is 0. The molecule has 1 aliphatic carbocycles. The third-order valence-electron chi connectivity index (χ3n) is 2.42. The number of rotatable bonds is 2. The molecule has 0 aromatic heterocycles. The molecule has 2 rings (SSSR count). The molecule has 1 nitrogen and oxygen atoms in total. The van der Waals surface area contributed by atoms with E-state index in [-0.39, 0.29) is 0 Å². The lowest BCUT2D eigenvalue weighted by Crippen LogP contribution is -1.93. The SMILES string of the molecule is Cc1cccc([C]=O)c1C1CC1. The third-order valence-corrected chi connectivity index (χ3v) is 2.42. The first-order valence-corrected chi connectivity index (χ1v) is 4.30. The van der Waals surface area contributed by atoms with Gasteiger partial charge in [-0.05, 0) is 36.8 Å². The van der Waals surface area contributed by atoms with E-state index in [1.807, 2.05) is 18.4 Å². The van der Waals surface area contributed by atoms with Gasteiger partial charge in [-0.1, -0.05) is 18.2 Å². The first kappa shape index (κ1) is 7.53. The second kappa shape index (κ2) is 2.74. The van der Waals surface area contributed by atoms with Gasteiger partial charge in [-0.3, -0.25) is 4.79 Å². The smallest absolute Gasteiger partial charge is 0.233 e. The van der Waals surface area contributed by atoms with E-state index >= 15 is 0 Å². The Morgan fingerprint density at radius 1 is 1.42 bits per heavy atom. The van der Waals surface area contributed by atoms with E-state index < -0.39 is 0 Å². The van der Waals surface area contributed by atoms with Crippen LogP contribution in [-0.2, 0) is 4.79 Å². The fraction of sp³-hybridized carbons (Fsp3) is 0.364. The molecule has 0 saturated heterocycles. The summed E-state index contributed by atoms with van der Waals surface area (Å²) in [5.41, 5.74) is 3.23. The summed E-state index contributed by atoms with van der Waals surface area (Å²) in [7, 11) is 0. The van der Waals surface area contributed by atoms with Gasteiger partial charge < -0.3 is 0 Å². The maximum atomic E-state index is 10.6. The summed E-state index contributed by atoms with van der Waals surface area (Å²) in [5.74, 6) is 0.641. The average molecular weight is 159 g/mol. The van der Waals surface area contributed by atoms with E-state index in [9.17, 15) is 4.79 Å². The maximum Gasteiger partial charge on any atom is 0.233 e. The quantitative estimate of drug-likeness (QED) is 0.647. The van der Waals surface area contributed by atoms with Crippen LogP contribution in [0.1, 0.15) is 35.4 Å². The van der Waals surface area contributed by atoms with Crippen LogP contribution in [-0.4, -0.2) is 6.29 Å². The van der Waals surface area contributed by atoms with Crippen LogP contribution in [0, 0.1) is 6.92 Å². The van der Waals surface area contributed by atoms with E-state index in [0.29, 0.717) is 5.92 Å². The average Bonchev–Trinajstić information content (AvgIpc) is 2.87. The number of aryl methyl sites for hydroxylation is 1. The summed E-state index contributed by atoms with van der Waals surface area (Å²) in [5, 5.41) is 0. The van der Waals surface area contributed by atoms with Gasteiger partial charge in [-0.25, -0.2) is 0 Å². The van der Waals surface area contributed by atoms with Crippen molar-refractivity contribution in [2.45, 2.75) is 25.7 Å². The van der Waals surface area contributed by atoms with E-state index in [1.54, 1.807) is 0 Å². The van der Waals surface area contributed by atoms with Gasteiger partial charge in [0.1, 0.15) is 0 Å². The lowest BCUT2D eigenvalue weighted by Gasteiger charge is -2.05. The molecule has 0 N–H and O–H groups in total. The Morgan fingerprint density at radius 2 is 2.17 bits per heavy atom. The Morgan fingerprint density at radius 3 is 2.75 bits per heavy atom. The first-order valence-electron chi connectivity index (χ1n) is 4.30. The second-order valence-corrected chi connectivity index (χ2v) is 3.41. The summed E-state index contributed by atoms with van der Waals surface area (Å²) in [6.45, 7) is 2.06. The molecule has 0 unspecified atom stereocenters. The molecule has 61 valence electrons. The van der Waals surface area contributed by atoms with Crippen molar-refractivity contribution in [3.63, 3.8) is 0 Å². The molecule has 0 heterocycles. The third kappa shape index (κ3) is 1.15. The molecule has 1 saturated carbocycles. The topological polar surface area (TPSA) is 17.1 Å². The Bertz CT molecular complexity index is 311. The van der Waals surface area contributed by atoms with E-state index in [2.05, 4.69) is 13.0 Å². The van der Waals surface area contributed by atoms with Gasteiger partial charge in [0.25, 0.3) is 0 Å². The van der Waals surface area contributed by atoms with Crippen molar-refractivity contribution < 1.29 is 4.79 Å². The molecular formula is C11H11O. The summed E-state index contributed by atoms with van der Waals surface area (Å²) >= 11 is 0. The maximum absolute atomic E-state index is 10.6. The molecule has 1 aliphatic rings. The van der Waals surface area contributed by atoms with E-state index in [1.165, 1.54) is 24.0 Å². The van der Waals surface area contributed by atoms with Crippen LogP contribution in [0.2, 0.25) is 0 Å². The lowest BCUT2D eigenvalue weighted by molar-refractivity contribution is 0.562. The molecule has 1 aromatic rings. The molecule has 0 atom stereocenters. The van der Waals surface area contributed by atoms with Gasteiger partial charge in [0.05, 0.1) is 0 Å². The van der Waals surface area contributed by atoms with Crippen molar-refractivity contribution in [3.8, 4) is 0 Å². The summed E-state index contributed by atoms with van der Waals surface area (Å²) in [4.78, 5) is 10.6. The number of hydrogen-bond acceptors (Lipinski definition) is 1. The highest BCUT2D eigenvalue weighted by Gasteiger charge is 2.27. The Kier molecular flexibility index (Phi) is 1.72. The molecule has 1 radical (unpaired) electrons. The monoisotopic (exact) mass is 159 g/mol. The highest BCUT2D eigenvalue weighted by molar-refractivity contribution is 5.79. The zero-order valence-electron chi connectivity index (χ0n) is 7.13. The van der Waals surface area contributed by atoms with Crippen molar-refractivity contribution >= 4 is 6.29 Å². The van der Waals surface area contributed by atoms with Crippen LogP contribution in [0.15, 0.2) is 18.2 Å². The summed E-state index contributed by atoms with van der Waals surface area (Å²) in [6.07, 6.45) is 4.48. The minimum Gasteiger partial charge on any atom is -0.285 e. The van der Waals surface area contributed by atoms with Gasteiger partial charge in [-0.15, -0.1) is 0 Å². The van der Waals surface area contributed by atoms with Crippen molar-refractivity contribution in [2.24, 2.45) is 0 Å². The second-order valence-electron chi connectivity index (χ2n) is 3.41. The predicted octanol–water partition coefficient (Wildman–Crippen LogP) is 2.33. The van der Waals surface area contributed by atoms with Crippen molar-refractivity contribution in [1.29, 1.82) is 0 Å². The van der Waals surface area contributed by atoms with Crippen LogP contribution < -0.4 is 0 Å². The van der Waals surface area contributed by atoms with Gasteiger partial charge >= 0.3 is 0 Å². The van der Waals surface area contributed by atoms with Gasteiger partial charge in [0.2, 0.25) is 6.29 Å². The molecule has 0 aliphatic heterocycles. The van der Waals surface area contributed by atoms with Crippen molar-refractivity contribution in [3.05, 3.63) is 34.9 Å². The predicted molar refractivity (Wildman–Crippen MR) is 47.9 cm³/mol. The molecular weight excluding hydrogens is 148 g/mol. The van der Waals surface area contributed by atoms with Crippen molar-refractivity contribution in [2.75, 3.05) is 0 Å². The Labute approximate surface area is 72.4 Å². The van der Waals surface area contributed by atoms with Crippen LogP contribution in [0.25, 0.3) is 0 Å². The first-order chi connectivity index (χ1) is 5.83. The van der Waals surface area contributed by atoms with Gasteiger partial charge in [-0.2, -0.15) is 0 Å². The highest BCUT2D eigenvalue weighted by Crippen LogP contribution is 2.42. The summed E-state index contributed by atoms with van der Waals surface area (Å²) in [6, 6.07) is 5.84. The molecule has 12 heavy (non-hydrogen) atoms. The molecule has 0 spiro atoms. The van der Waals surface area contributed by atoms with Crippen LogP contribution >= 0.6 is 0 Å². The molecule has 0 bridgehead atoms. The Balaban J connectivity index is 2.52. The number of hydrogen-bond donors (Lipinski definition) is 0. The standard InChI is InChI=1S/C11H11O/c1-8-3-2-4-10(7-12)11(8)9-5-6-9/h2-4,9H,5-6H2,1H3. The largest absolute Gasteiger partial charge is 0.285 e. The van der Waals surface area contributed by atoms with Gasteiger partial charge in [0.15, 0.2) is 0 Å². The molecule has 1 aromatic carbocycles. The molecule has 0 amide bonds. The minimum atomic E-state index is 0.641. The Hall–Kier alpha value is -1.11. The molecule has 1 heteroatoms. The fourth-order valence-corrected chi connectivity index (χ4v) is 1.68. The van der Waals surface area contributed by atoms with Crippen LogP contribution in [0.4, 0.5) is 0 Å². The van der Waals surface area contributed by atoms with E-state index in [4.69, 9.17) is 0 Å². The van der Waals surface area contributed by atoms with Crippen LogP contribution in [0.5, 0.6) is 0 Å². The zero-order valence-corrected chi connectivity index (χ0v) is 7.13. The fourth-order valence-electron chi connectivity index (χ4n) is 1.68. The lowest BCUT2D eigenvalue weighted by atomic mass is 9.99.